The number of aryl methyl sites for hydroxylation is 1. The van der Waals surface area contributed by atoms with Crippen molar-refractivity contribution in [2.24, 2.45) is 0 Å². The number of nitrogens with one attached hydrogen (secondary N) is 1. The lowest BCUT2D eigenvalue weighted by atomic mass is 10.1. The molecule has 2 aliphatic rings. The molecule has 172 valence electrons. The summed E-state index contributed by atoms with van der Waals surface area (Å²) in [4.78, 5) is 18.5. The summed E-state index contributed by atoms with van der Waals surface area (Å²) in [6.45, 7) is 5.42. The molecule has 1 aliphatic heterocycles. The Kier molecular flexibility index (Phi) is 7.82. The van der Waals surface area contributed by atoms with Crippen LogP contribution in [0.3, 0.4) is 0 Å². The van der Waals surface area contributed by atoms with Gasteiger partial charge in [0.15, 0.2) is 5.11 Å². The third kappa shape index (κ3) is 5.16. The predicted octanol–water partition coefficient (Wildman–Crippen LogP) is 6.02. The van der Waals surface area contributed by atoms with Gasteiger partial charge in [0.05, 0.1) is 22.2 Å². The molecule has 1 N–H and O–H groups in total. The molecule has 0 bridgehead atoms. The molecule has 0 spiro atoms. The van der Waals surface area contributed by atoms with E-state index in [0.717, 1.165) is 68.1 Å². The molecule has 0 unspecified atom stereocenters. The Balaban J connectivity index is 1.45. The number of hydrogen-bond donors (Lipinski definition) is 1. The van der Waals surface area contributed by atoms with Gasteiger partial charge in [-0.05, 0) is 68.6 Å². The monoisotopic (exact) mass is 511 g/mol. The second-order valence-electron chi connectivity index (χ2n) is 7.99. The normalized spacial score (nSPS) is 16.3. The smallest absolute Gasteiger partial charge is 0.341 e. The highest BCUT2D eigenvalue weighted by molar-refractivity contribution is 7.80. The number of hydrogen-bond acceptors (Lipinski definition) is 5. The second kappa shape index (κ2) is 10.6. The lowest BCUT2D eigenvalue weighted by Crippen LogP contribution is -2.50. The van der Waals surface area contributed by atoms with E-state index >= 15 is 0 Å². The fourth-order valence-electron chi connectivity index (χ4n) is 4.28. The molecule has 1 fully saturated rings. The second-order valence-corrected chi connectivity index (χ2v) is 10.3. The number of thiocarbonyl (C=S) groups is 1. The molecule has 1 aliphatic carbocycles. The van der Waals surface area contributed by atoms with E-state index in [1.807, 2.05) is 25.1 Å². The number of thiophene rings is 1. The first-order chi connectivity index (χ1) is 15.5. The molecule has 4 rings (SSSR count). The lowest BCUT2D eigenvalue weighted by molar-refractivity contribution is 0.0527. The molecule has 9 heteroatoms. The van der Waals surface area contributed by atoms with Crippen LogP contribution in [0.25, 0.3) is 0 Å². The Labute approximate surface area is 208 Å². The highest BCUT2D eigenvalue weighted by Crippen LogP contribution is 2.38. The van der Waals surface area contributed by atoms with Crippen LogP contribution in [-0.4, -0.2) is 48.8 Å². The fourth-order valence-corrected chi connectivity index (χ4v) is 6.19. The molecule has 1 aromatic carbocycles. The maximum Gasteiger partial charge on any atom is 0.341 e. The van der Waals surface area contributed by atoms with Crippen molar-refractivity contribution >= 4 is 68.5 Å². The van der Waals surface area contributed by atoms with Crippen LogP contribution in [0, 0.1) is 0 Å². The van der Waals surface area contributed by atoms with Gasteiger partial charge in [-0.3, -0.25) is 0 Å². The van der Waals surface area contributed by atoms with E-state index in [4.69, 9.17) is 40.2 Å². The van der Waals surface area contributed by atoms with Crippen LogP contribution in [0.1, 0.15) is 47.0 Å². The summed E-state index contributed by atoms with van der Waals surface area (Å²) in [6, 6.07) is 5.72. The third-order valence-electron chi connectivity index (χ3n) is 5.96. The van der Waals surface area contributed by atoms with Crippen molar-refractivity contribution in [1.82, 2.24) is 4.90 Å². The Morgan fingerprint density at radius 3 is 2.59 bits per heavy atom. The molecule has 0 amide bonds. The van der Waals surface area contributed by atoms with E-state index < -0.39 is 0 Å². The van der Waals surface area contributed by atoms with Gasteiger partial charge >= 0.3 is 5.97 Å². The highest BCUT2D eigenvalue weighted by Gasteiger charge is 2.27. The van der Waals surface area contributed by atoms with Crippen molar-refractivity contribution in [3.63, 3.8) is 0 Å². The third-order valence-corrected chi connectivity index (χ3v) is 8.26. The van der Waals surface area contributed by atoms with Gasteiger partial charge in [-0.25, -0.2) is 4.79 Å². The van der Waals surface area contributed by atoms with Crippen molar-refractivity contribution in [2.45, 2.75) is 39.0 Å². The van der Waals surface area contributed by atoms with Gasteiger partial charge in [-0.2, -0.15) is 0 Å². The van der Waals surface area contributed by atoms with Gasteiger partial charge in [0.1, 0.15) is 5.00 Å². The molecule has 5 nitrogen and oxygen atoms in total. The number of rotatable bonds is 4. The largest absolute Gasteiger partial charge is 0.462 e. The van der Waals surface area contributed by atoms with Crippen molar-refractivity contribution in [3.8, 4) is 0 Å². The molecule has 1 saturated heterocycles. The number of carbonyl (C=O) groups excluding carboxylic acids is 1. The number of carbonyl (C=O) groups is 1. The summed E-state index contributed by atoms with van der Waals surface area (Å²) in [5.74, 6) is -0.248. The lowest BCUT2D eigenvalue weighted by Gasteiger charge is -2.37. The van der Waals surface area contributed by atoms with Crippen molar-refractivity contribution in [1.29, 1.82) is 0 Å². The number of halogens is 2. The SMILES string of the molecule is CCOC(=O)c1c(NC(=S)N2CCN(c3ccc(Cl)c(Cl)c3)CC2)sc2c1CCCCC2. The molecule has 2 aromatic rings. The first kappa shape index (κ1) is 23.6. The zero-order chi connectivity index (χ0) is 22.7. The van der Waals surface area contributed by atoms with Crippen LogP contribution in [0.5, 0.6) is 0 Å². The Morgan fingerprint density at radius 2 is 1.88 bits per heavy atom. The van der Waals surface area contributed by atoms with E-state index in [9.17, 15) is 4.79 Å². The van der Waals surface area contributed by atoms with Crippen LogP contribution in [-0.2, 0) is 17.6 Å². The number of anilines is 2. The summed E-state index contributed by atoms with van der Waals surface area (Å²) in [6.07, 6.45) is 5.42. The number of ether oxygens (including phenoxy) is 1. The average molecular weight is 513 g/mol. The molecule has 32 heavy (non-hydrogen) atoms. The van der Waals surface area contributed by atoms with E-state index in [-0.39, 0.29) is 5.97 Å². The predicted molar refractivity (Wildman–Crippen MR) is 138 cm³/mol. The topological polar surface area (TPSA) is 44.8 Å². The van der Waals surface area contributed by atoms with Gasteiger partial charge in [0.25, 0.3) is 0 Å². The number of fused-ring (bicyclic) bond motifs is 1. The van der Waals surface area contributed by atoms with Gasteiger partial charge in [-0.1, -0.05) is 29.6 Å². The van der Waals surface area contributed by atoms with Gasteiger partial charge in [0.2, 0.25) is 0 Å². The van der Waals surface area contributed by atoms with Crippen molar-refractivity contribution < 1.29 is 9.53 Å². The molecule has 0 radical (unpaired) electrons. The Hall–Kier alpha value is -1.54. The van der Waals surface area contributed by atoms with Crippen molar-refractivity contribution in [3.05, 3.63) is 44.2 Å². The van der Waals surface area contributed by atoms with Crippen LogP contribution in [0.4, 0.5) is 10.7 Å². The highest BCUT2D eigenvalue weighted by atomic mass is 35.5. The van der Waals surface area contributed by atoms with Gasteiger partial charge < -0.3 is 19.9 Å². The summed E-state index contributed by atoms with van der Waals surface area (Å²) >= 11 is 19.6. The average Bonchev–Trinajstić information content (AvgIpc) is 2.96. The van der Waals surface area contributed by atoms with E-state index in [2.05, 4.69) is 15.1 Å². The molecule has 1 aromatic heterocycles. The Bertz CT molecular complexity index is 1000. The van der Waals surface area contributed by atoms with Crippen LogP contribution in [0.15, 0.2) is 18.2 Å². The van der Waals surface area contributed by atoms with Crippen molar-refractivity contribution in [2.75, 3.05) is 43.0 Å². The zero-order valence-electron chi connectivity index (χ0n) is 18.1. The minimum atomic E-state index is -0.248. The summed E-state index contributed by atoms with van der Waals surface area (Å²) in [5.41, 5.74) is 2.90. The van der Waals surface area contributed by atoms with E-state index in [1.165, 1.54) is 11.3 Å². The molecular formula is C23H27Cl2N3O2S2. The number of benzene rings is 1. The van der Waals surface area contributed by atoms with E-state index in [0.29, 0.717) is 27.3 Å². The maximum absolute atomic E-state index is 12.8. The maximum atomic E-state index is 12.8. The molecule has 0 saturated carbocycles. The van der Waals surface area contributed by atoms with Crippen LogP contribution >= 0.6 is 46.8 Å². The standard InChI is InChI=1S/C23H27Cl2N3O2S2/c1-2-30-22(29)20-16-6-4-3-5-7-19(16)32-21(20)26-23(31)28-12-10-27(11-13-28)15-8-9-17(24)18(25)14-15/h8-9,14H,2-7,10-13H2,1H3,(H,26,31). The Morgan fingerprint density at radius 1 is 1.12 bits per heavy atom. The van der Waals surface area contributed by atoms with Gasteiger partial charge in [0, 0.05) is 36.7 Å². The summed E-state index contributed by atoms with van der Waals surface area (Å²) in [7, 11) is 0. The quantitative estimate of drug-likeness (QED) is 0.307. The first-order valence-electron chi connectivity index (χ1n) is 11.1. The zero-order valence-corrected chi connectivity index (χ0v) is 21.2. The van der Waals surface area contributed by atoms with E-state index in [1.54, 1.807) is 11.3 Å². The van der Waals surface area contributed by atoms with Crippen LogP contribution < -0.4 is 10.2 Å². The number of piperazine rings is 1. The summed E-state index contributed by atoms with van der Waals surface area (Å²) in [5, 5.41) is 5.99. The van der Waals surface area contributed by atoms with Crippen LogP contribution in [0.2, 0.25) is 10.0 Å². The fraction of sp³-hybridized carbons (Fsp3) is 0.478. The molecular weight excluding hydrogens is 485 g/mol. The minimum Gasteiger partial charge on any atom is -0.462 e. The minimum absolute atomic E-state index is 0.248. The first-order valence-corrected chi connectivity index (χ1v) is 13.0. The number of esters is 1. The summed E-state index contributed by atoms with van der Waals surface area (Å²) < 4.78 is 5.39. The van der Waals surface area contributed by atoms with Gasteiger partial charge in [-0.15, -0.1) is 11.3 Å². The molecule has 0 atom stereocenters. The molecule has 2 heterocycles. The number of nitrogens with zero attached hydrogens (tertiary/aromatic N) is 2.